The van der Waals surface area contributed by atoms with Crippen molar-refractivity contribution in [1.82, 2.24) is 0 Å². The summed E-state index contributed by atoms with van der Waals surface area (Å²) in [5, 5.41) is 31.1. The molecule has 3 N–H and O–H groups in total. The highest BCUT2D eigenvalue weighted by Gasteiger charge is 2.67. The summed E-state index contributed by atoms with van der Waals surface area (Å²) in [6.07, 6.45) is 18.9. The van der Waals surface area contributed by atoms with Crippen LogP contribution in [-0.4, -0.2) is 38.7 Å². The molecule has 4 heteroatoms. The first kappa shape index (κ1) is 29.4. The van der Waals surface area contributed by atoms with E-state index in [9.17, 15) is 15.3 Å². The van der Waals surface area contributed by atoms with Gasteiger partial charge in [0.25, 0.3) is 0 Å². The fourth-order valence-corrected chi connectivity index (χ4v) is 11.8. The summed E-state index contributed by atoms with van der Waals surface area (Å²) in [6, 6.07) is 7.94. The molecule has 1 aromatic carbocycles. The molecule has 5 aliphatic carbocycles. The molecule has 42 heavy (non-hydrogen) atoms. The predicted octanol–water partition coefficient (Wildman–Crippen LogP) is 8.12. The highest BCUT2D eigenvalue weighted by atomic mass is 16.6. The number of aliphatic hydroxyl groups excluding tert-OH is 1. The van der Waals surface area contributed by atoms with Crippen molar-refractivity contribution in [2.75, 3.05) is 0 Å². The number of phenols is 1. The van der Waals surface area contributed by atoms with Crippen LogP contribution < -0.4 is 0 Å². The maximum absolute atomic E-state index is 11.2. The fraction of sp³-hybridized carbons (Fsp3) is 0.789. The standard InChI is InChI=1S/C38H56O4/c1-25-21-37(18-13-27(22-37)14-19-38(41)16-5-7-30(40)23-38)34-36(3,42-34)17-15-33-31(25)24-35(33,2)32-8-4-6-28(32)20-26-9-11-29(39)12-10-26/h9-12,27-28,30-34,39-41H,1,4-8,13-24H2,2-3H3/t27-,28+,30+,31+,32-,33+,34+,35+,36+,37+,38+/m0/s1. The van der Waals surface area contributed by atoms with Crippen molar-refractivity contribution in [2.24, 2.45) is 40.4 Å². The minimum absolute atomic E-state index is 0.0212. The molecule has 0 amide bonds. The Morgan fingerprint density at radius 3 is 2.50 bits per heavy atom. The number of aliphatic hydroxyl groups is 2. The molecule has 0 radical (unpaired) electrons. The van der Waals surface area contributed by atoms with Crippen LogP contribution >= 0.6 is 0 Å². The quantitative estimate of drug-likeness (QED) is 0.236. The van der Waals surface area contributed by atoms with Crippen LogP contribution in [-0.2, 0) is 11.2 Å². The van der Waals surface area contributed by atoms with Crippen molar-refractivity contribution in [1.29, 1.82) is 0 Å². The lowest BCUT2D eigenvalue weighted by atomic mass is 9.45. The molecule has 1 spiro atoms. The van der Waals surface area contributed by atoms with Crippen LogP contribution in [0.15, 0.2) is 36.4 Å². The number of aromatic hydroxyl groups is 1. The second-order valence-electron chi connectivity index (χ2n) is 16.8. The topological polar surface area (TPSA) is 73.2 Å². The summed E-state index contributed by atoms with van der Waals surface area (Å²) in [7, 11) is 0. The van der Waals surface area contributed by atoms with Crippen molar-refractivity contribution < 1.29 is 20.1 Å². The summed E-state index contributed by atoms with van der Waals surface area (Å²) in [4.78, 5) is 0. The van der Waals surface area contributed by atoms with Gasteiger partial charge in [-0.2, -0.15) is 0 Å². The maximum Gasteiger partial charge on any atom is 0.115 e. The van der Waals surface area contributed by atoms with Crippen LogP contribution in [0, 0.1) is 40.4 Å². The molecule has 7 rings (SSSR count). The summed E-state index contributed by atoms with van der Waals surface area (Å²) in [5.74, 6) is 3.91. The first-order chi connectivity index (χ1) is 20.0. The number of fused-ring (bicyclic) bond motifs is 3. The molecule has 1 aliphatic heterocycles. The monoisotopic (exact) mass is 576 g/mol. The van der Waals surface area contributed by atoms with Gasteiger partial charge in [0.15, 0.2) is 0 Å². The molecule has 0 bridgehead atoms. The third kappa shape index (κ3) is 5.20. The summed E-state index contributed by atoms with van der Waals surface area (Å²) in [5.41, 5.74) is 2.86. The predicted molar refractivity (Wildman–Crippen MR) is 167 cm³/mol. The van der Waals surface area contributed by atoms with E-state index in [0.717, 1.165) is 62.7 Å². The van der Waals surface area contributed by atoms with E-state index in [1.807, 2.05) is 12.1 Å². The average Bonchev–Trinajstić information content (AvgIpc) is 3.24. The molecule has 1 heterocycles. The Labute approximate surface area is 254 Å². The van der Waals surface area contributed by atoms with Crippen molar-refractivity contribution in [3.8, 4) is 5.75 Å². The number of hydrogen-bond donors (Lipinski definition) is 3. The average molecular weight is 577 g/mol. The zero-order valence-electron chi connectivity index (χ0n) is 26.3. The Bertz CT molecular complexity index is 1160. The van der Waals surface area contributed by atoms with E-state index in [4.69, 9.17) is 11.3 Å². The molecule has 0 aromatic heterocycles. The zero-order valence-corrected chi connectivity index (χ0v) is 26.3. The van der Waals surface area contributed by atoms with Gasteiger partial charge in [-0.15, -0.1) is 0 Å². The summed E-state index contributed by atoms with van der Waals surface area (Å²) >= 11 is 0. The molecule has 6 aliphatic rings. The number of epoxide rings is 1. The Kier molecular flexibility index (Phi) is 7.43. The molecule has 0 unspecified atom stereocenters. The van der Waals surface area contributed by atoms with E-state index < -0.39 is 5.60 Å². The first-order valence-electron chi connectivity index (χ1n) is 17.5. The number of rotatable bonds is 6. The van der Waals surface area contributed by atoms with E-state index >= 15 is 0 Å². The van der Waals surface area contributed by atoms with Crippen LogP contribution in [0.5, 0.6) is 5.75 Å². The number of benzene rings is 1. The van der Waals surface area contributed by atoms with Gasteiger partial charge in [0.1, 0.15) is 5.75 Å². The number of allylic oxidation sites excluding steroid dienone is 1. The molecule has 232 valence electrons. The van der Waals surface area contributed by atoms with E-state index in [1.54, 1.807) is 0 Å². The molecule has 1 aromatic rings. The minimum Gasteiger partial charge on any atom is -0.508 e. The SMILES string of the molecule is C=C1C[C@@]2(CC[C@@H](CC[C@]3(O)CCC[C@@H](O)C3)C2)[C@@H]2O[C@]2(C)CC[C@@H]2[C@@H]1C[C@]2(C)[C@H]1CCC[C@@H]1Cc1ccc(O)cc1. The lowest BCUT2D eigenvalue weighted by molar-refractivity contribution is -0.0822. The van der Waals surface area contributed by atoms with Gasteiger partial charge < -0.3 is 20.1 Å². The van der Waals surface area contributed by atoms with E-state index in [2.05, 4.69) is 26.0 Å². The molecule has 1 saturated heterocycles. The number of phenolic OH excluding ortho intramolecular Hbond substituents is 1. The molecular formula is C38H56O4. The van der Waals surface area contributed by atoms with E-state index in [0.29, 0.717) is 35.5 Å². The second kappa shape index (κ2) is 10.6. The minimum atomic E-state index is -0.663. The van der Waals surface area contributed by atoms with Crippen LogP contribution in [0.1, 0.15) is 122 Å². The van der Waals surface area contributed by atoms with Crippen LogP contribution in [0.3, 0.4) is 0 Å². The Hall–Kier alpha value is -1.36. The van der Waals surface area contributed by atoms with Gasteiger partial charge in [0.2, 0.25) is 0 Å². The summed E-state index contributed by atoms with van der Waals surface area (Å²) in [6.45, 7) is 9.87. The van der Waals surface area contributed by atoms with Gasteiger partial charge in [-0.3, -0.25) is 0 Å². The van der Waals surface area contributed by atoms with Gasteiger partial charge in [-0.05, 0) is 156 Å². The van der Waals surface area contributed by atoms with Gasteiger partial charge in [-0.25, -0.2) is 0 Å². The van der Waals surface area contributed by atoms with Crippen LogP contribution in [0.4, 0.5) is 0 Å². The molecule has 5 saturated carbocycles. The van der Waals surface area contributed by atoms with Crippen molar-refractivity contribution in [2.45, 2.75) is 146 Å². The van der Waals surface area contributed by atoms with Crippen LogP contribution in [0.25, 0.3) is 0 Å². The van der Waals surface area contributed by atoms with Gasteiger partial charge in [-0.1, -0.05) is 37.6 Å². The molecule has 11 atom stereocenters. The third-order valence-electron chi connectivity index (χ3n) is 14.0. The Morgan fingerprint density at radius 1 is 0.905 bits per heavy atom. The first-order valence-corrected chi connectivity index (χ1v) is 17.5. The normalized spacial score (nSPS) is 48.6. The highest BCUT2D eigenvalue weighted by Crippen LogP contribution is 2.69. The number of hydrogen-bond acceptors (Lipinski definition) is 4. The Balaban J connectivity index is 1.03. The van der Waals surface area contributed by atoms with Gasteiger partial charge in [0.05, 0.1) is 23.4 Å². The fourth-order valence-electron chi connectivity index (χ4n) is 11.8. The largest absolute Gasteiger partial charge is 0.508 e. The lowest BCUT2D eigenvalue weighted by Gasteiger charge is -2.59. The van der Waals surface area contributed by atoms with E-state index in [-0.39, 0.29) is 17.1 Å². The molecule has 4 nitrogen and oxygen atoms in total. The maximum atomic E-state index is 11.2. The van der Waals surface area contributed by atoms with Crippen LogP contribution in [0.2, 0.25) is 0 Å². The van der Waals surface area contributed by atoms with Crippen molar-refractivity contribution in [3.63, 3.8) is 0 Å². The van der Waals surface area contributed by atoms with Crippen molar-refractivity contribution >= 4 is 0 Å². The van der Waals surface area contributed by atoms with Gasteiger partial charge >= 0.3 is 0 Å². The number of ether oxygens (including phenoxy) is 1. The zero-order chi connectivity index (χ0) is 29.3. The summed E-state index contributed by atoms with van der Waals surface area (Å²) < 4.78 is 6.71. The Morgan fingerprint density at radius 2 is 1.71 bits per heavy atom. The molecular weight excluding hydrogens is 520 g/mol. The van der Waals surface area contributed by atoms with Crippen molar-refractivity contribution in [3.05, 3.63) is 42.0 Å². The van der Waals surface area contributed by atoms with E-state index in [1.165, 1.54) is 68.9 Å². The highest BCUT2D eigenvalue weighted by molar-refractivity contribution is 5.27. The molecule has 6 fully saturated rings. The lowest BCUT2D eigenvalue weighted by Crippen LogP contribution is -2.52. The third-order valence-corrected chi connectivity index (χ3v) is 14.0. The van der Waals surface area contributed by atoms with Gasteiger partial charge in [0, 0.05) is 11.8 Å². The second-order valence-corrected chi connectivity index (χ2v) is 16.8. The smallest absolute Gasteiger partial charge is 0.115 e.